The Hall–Kier alpha value is -1.72. The van der Waals surface area contributed by atoms with Crippen molar-refractivity contribution in [2.45, 2.75) is 45.6 Å². The molecule has 1 aliphatic carbocycles. The van der Waals surface area contributed by atoms with Crippen molar-refractivity contribution in [1.29, 1.82) is 0 Å². The SMILES string of the molecule is Cc1nn(C)c(OC2CCC(C)CC2)c1C(N)=NO. The molecule has 1 heterocycles. The molecule has 0 aromatic carbocycles. The number of nitrogens with zero attached hydrogens (tertiary/aromatic N) is 3. The van der Waals surface area contributed by atoms with E-state index in [9.17, 15) is 0 Å². The van der Waals surface area contributed by atoms with Crippen molar-refractivity contribution >= 4 is 5.84 Å². The van der Waals surface area contributed by atoms with Crippen LogP contribution in [0.2, 0.25) is 0 Å². The van der Waals surface area contributed by atoms with Crippen molar-refractivity contribution in [3.8, 4) is 5.88 Å². The van der Waals surface area contributed by atoms with Gasteiger partial charge >= 0.3 is 0 Å². The maximum absolute atomic E-state index is 8.86. The molecule has 0 aliphatic heterocycles. The summed E-state index contributed by atoms with van der Waals surface area (Å²) in [4.78, 5) is 0. The second kappa shape index (κ2) is 5.50. The third-order valence-electron chi connectivity index (χ3n) is 3.77. The average Bonchev–Trinajstić information content (AvgIpc) is 2.66. The second-order valence-electron chi connectivity index (χ2n) is 5.37. The maximum Gasteiger partial charge on any atom is 0.223 e. The number of aryl methyl sites for hydroxylation is 2. The average molecular weight is 266 g/mol. The molecule has 1 saturated carbocycles. The Kier molecular flexibility index (Phi) is 3.97. The first-order valence-corrected chi connectivity index (χ1v) is 6.71. The lowest BCUT2D eigenvalue weighted by Gasteiger charge is -2.27. The number of rotatable bonds is 3. The van der Waals surface area contributed by atoms with Gasteiger partial charge in [-0.1, -0.05) is 12.1 Å². The molecule has 1 aromatic rings. The minimum absolute atomic E-state index is 0.0461. The van der Waals surface area contributed by atoms with Crippen LogP contribution < -0.4 is 10.5 Å². The van der Waals surface area contributed by atoms with E-state index in [0.717, 1.165) is 18.8 Å². The second-order valence-corrected chi connectivity index (χ2v) is 5.37. The molecule has 0 bridgehead atoms. The molecule has 106 valence electrons. The van der Waals surface area contributed by atoms with E-state index in [2.05, 4.69) is 17.2 Å². The summed E-state index contributed by atoms with van der Waals surface area (Å²) in [5.74, 6) is 1.41. The zero-order valence-electron chi connectivity index (χ0n) is 11.8. The molecule has 6 heteroatoms. The van der Waals surface area contributed by atoms with E-state index >= 15 is 0 Å². The lowest BCUT2D eigenvalue weighted by Crippen LogP contribution is -2.25. The summed E-state index contributed by atoms with van der Waals surface area (Å²) in [6, 6.07) is 0. The highest BCUT2D eigenvalue weighted by atomic mass is 16.5. The molecule has 0 unspecified atom stereocenters. The van der Waals surface area contributed by atoms with Crippen molar-refractivity contribution in [2.75, 3.05) is 0 Å². The van der Waals surface area contributed by atoms with Gasteiger partial charge in [0.25, 0.3) is 0 Å². The standard InChI is InChI=1S/C13H22N4O2/c1-8-4-6-10(7-5-8)19-13-11(12(14)16-18)9(2)15-17(13)3/h8,10,18H,4-7H2,1-3H3,(H2,14,16). The van der Waals surface area contributed by atoms with Crippen LogP contribution in [0.15, 0.2) is 5.16 Å². The van der Waals surface area contributed by atoms with Gasteiger partial charge in [-0.05, 0) is 38.5 Å². The predicted octanol–water partition coefficient (Wildman–Crippen LogP) is 1.78. The molecule has 19 heavy (non-hydrogen) atoms. The molecule has 0 spiro atoms. The molecule has 1 aliphatic rings. The first-order valence-electron chi connectivity index (χ1n) is 6.71. The van der Waals surface area contributed by atoms with Crippen LogP contribution >= 0.6 is 0 Å². The molecule has 1 aromatic heterocycles. The minimum Gasteiger partial charge on any atom is -0.474 e. The normalized spacial score (nSPS) is 24.5. The zero-order chi connectivity index (χ0) is 14.0. The Labute approximate surface area is 113 Å². The lowest BCUT2D eigenvalue weighted by molar-refractivity contribution is 0.124. The summed E-state index contributed by atoms with van der Waals surface area (Å²) in [6.07, 6.45) is 4.64. The van der Waals surface area contributed by atoms with Crippen molar-refractivity contribution in [1.82, 2.24) is 9.78 Å². The van der Waals surface area contributed by atoms with E-state index < -0.39 is 0 Å². The number of nitrogens with two attached hydrogens (primary N) is 1. The van der Waals surface area contributed by atoms with Gasteiger partial charge in [0.1, 0.15) is 11.7 Å². The third kappa shape index (κ3) is 2.83. The number of oxime groups is 1. The Morgan fingerprint density at radius 1 is 1.42 bits per heavy atom. The smallest absolute Gasteiger partial charge is 0.223 e. The molecule has 6 nitrogen and oxygen atoms in total. The van der Waals surface area contributed by atoms with Crippen molar-refractivity contribution in [2.24, 2.45) is 23.9 Å². The summed E-state index contributed by atoms with van der Waals surface area (Å²) < 4.78 is 7.69. The van der Waals surface area contributed by atoms with Crippen molar-refractivity contribution in [3.63, 3.8) is 0 Å². The minimum atomic E-state index is 0.0461. The monoisotopic (exact) mass is 266 g/mol. The van der Waals surface area contributed by atoms with Gasteiger partial charge in [-0.3, -0.25) is 0 Å². The summed E-state index contributed by atoms with van der Waals surface area (Å²) in [6.45, 7) is 4.09. The zero-order valence-corrected chi connectivity index (χ0v) is 11.8. The predicted molar refractivity (Wildman–Crippen MR) is 72.5 cm³/mol. The van der Waals surface area contributed by atoms with Crippen molar-refractivity contribution < 1.29 is 9.94 Å². The quantitative estimate of drug-likeness (QED) is 0.378. The van der Waals surface area contributed by atoms with Gasteiger partial charge in [-0.2, -0.15) is 5.10 Å². The molecule has 3 N–H and O–H groups in total. The number of hydrogen-bond acceptors (Lipinski definition) is 4. The Morgan fingerprint density at radius 3 is 2.63 bits per heavy atom. The first kappa shape index (κ1) is 13.7. The van der Waals surface area contributed by atoms with E-state index in [0.29, 0.717) is 17.1 Å². The highest BCUT2D eigenvalue weighted by Crippen LogP contribution is 2.29. The van der Waals surface area contributed by atoms with Crippen molar-refractivity contribution in [3.05, 3.63) is 11.3 Å². The van der Waals surface area contributed by atoms with E-state index in [1.54, 1.807) is 4.68 Å². The lowest BCUT2D eigenvalue weighted by atomic mass is 9.89. The Morgan fingerprint density at radius 2 is 2.05 bits per heavy atom. The van der Waals surface area contributed by atoms with Gasteiger partial charge in [0.05, 0.1) is 5.69 Å². The third-order valence-corrected chi connectivity index (χ3v) is 3.77. The van der Waals surface area contributed by atoms with Gasteiger partial charge < -0.3 is 15.7 Å². The molecule has 2 rings (SSSR count). The number of hydrogen-bond donors (Lipinski definition) is 2. The van der Waals surface area contributed by atoms with Gasteiger partial charge in [0, 0.05) is 7.05 Å². The topological polar surface area (TPSA) is 85.7 Å². The molecular formula is C13H22N4O2. The first-order chi connectivity index (χ1) is 9.02. The van der Waals surface area contributed by atoms with Gasteiger partial charge in [0.2, 0.25) is 5.88 Å². The maximum atomic E-state index is 8.86. The van der Waals surface area contributed by atoms with Crippen LogP contribution in [0.5, 0.6) is 5.88 Å². The van der Waals surface area contributed by atoms with Gasteiger partial charge in [-0.15, -0.1) is 0 Å². The van der Waals surface area contributed by atoms with Crippen LogP contribution in [0.1, 0.15) is 43.9 Å². The van der Waals surface area contributed by atoms with E-state index in [1.165, 1.54) is 12.8 Å². The van der Waals surface area contributed by atoms with Crippen LogP contribution in [0.25, 0.3) is 0 Å². The fourth-order valence-corrected chi connectivity index (χ4v) is 2.62. The molecule has 0 atom stereocenters. The Bertz CT molecular complexity index is 473. The highest BCUT2D eigenvalue weighted by Gasteiger charge is 2.24. The van der Waals surface area contributed by atoms with E-state index in [-0.39, 0.29) is 11.9 Å². The van der Waals surface area contributed by atoms with Gasteiger partial charge in [-0.25, -0.2) is 4.68 Å². The molecular weight excluding hydrogens is 244 g/mol. The summed E-state index contributed by atoms with van der Waals surface area (Å²) in [5, 5.41) is 16.2. The van der Waals surface area contributed by atoms with Crippen LogP contribution in [-0.4, -0.2) is 26.9 Å². The van der Waals surface area contributed by atoms with Crippen LogP contribution in [-0.2, 0) is 7.05 Å². The number of ether oxygens (including phenoxy) is 1. The van der Waals surface area contributed by atoms with Crippen LogP contribution in [0.4, 0.5) is 0 Å². The molecule has 0 saturated heterocycles. The van der Waals surface area contributed by atoms with Crippen LogP contribution in [0.3, 0.4) is 0 Å². The number of aromatic nitrogens is 2. The largest absolute Gasteiger partial charge is 0.474 e. The Balaban J connectivity index is 2.20. The van der Waals surface area contributed by atoms with E-state index in [4.69, 9.17) is 15.7 Å². The number of amidine groups is 1. The molecule has 1 fully saturated rings. The fraction of sp³-hybridized carbons (Fsp3) is 0.692. The summed E-state index contributed by atoms with van der Waals surface area (Å²) in [5.41, 5.74) is 7.00. The summed E-state index contributed by atoms with van der Waals surface area (Å²) >= 11 is 0. The molecule has 0 amide bonds. The highest BCUT2D eigenvalue weighted by molar-refractivity contribution is 6.00. The summed E-state index contributed by atoms with van der Waals surface area (Å²) in [7, 11) is 1.81. The fourth-order valence-electron chi connectivity index (χ4n) is 2.62. The van der Waals surface area contributed by atoms with E-state index in [1.807, 2.05) is 14.0 Å². The molecule has 0 radical (unpaired) electrons. The van der Waals surface area contributed by atoms with Crippen LogP contribution in [0, 0.1) is 12.8 Å². The van der Waals surface area contributed by atoms with Gasteiger partial charge in [0.15, 0.2) is 5.84 Å².